The molecule has 0 aromatic carbocycles. The quantitative estimate of drug-likeness (QED) is 0.676. The molecule has 2 N–H and O–H groups in total. The Kier molecular flexibility index (Phi) is 5.69. The average Bonchev–Trinajstić information content (AvgIpc) is 2.58. The Morgan fingerprint density at radius 3 is 2.39 bits per heavy atom. The van der Waals surface area contributed by atoms with Gasteiger partial charge in [0, 0.05) is 25.2 Å². The Balaban J connectivity index is 1.31. The van der Waals surface area contributed by atoms with Crippen LogP contribution >= 0.6 is 0 Å². The second-order valence-corrected chi connectivity index (χ2v) is 9.94. The van der Waals surface area contributed by atoms with E-state index in [9.17, 15) is 9.59 Å². The summed E-state index contributed by atoms with van der Waals surface area (Å²) in [5.74, 6) is 1.78. The zero-order chi connectivity index (χ0) is 19.9. The summed E-state index contributed by atoms with van der Waals surface area (Å²) in [7, 11) is 1.79. The summed E-state index contributed by atoms with van der Waals surface area (Å²) in [5, 5.41) is 12.4. The third-order valence-electron chi connectivity index (χ3n) is 7.44. The van der Waals surface area contributed by atoms with Gasteiger partial charge in [0.1, 0.15) is 0 Å². The molecule has 0 radical (unpaired) electrons. The van der Waals surface area contributed by atoms with Gasteiger partial charge in [-0.15, -0.1) is 0 Å². The van der Waals surface area contributed by atoms with Crippen LogP contribution in [-0.2, 0) is 14.3 Å². The molecule has 7 nitrogen and oxygen atoms in total. The lowest BCUT2D eigenvalue weighted by atomic mass is 9.53. The van der Waals surface area contributed by atoms with Crippen molar-refractivity contribution in [3.63, 3.8) is 0 Å². The lowest BCUT2D eigenvalue weighted by Gasteiger charge is -2.57. The molecular formula is C21H35N3O4. The zero-order valence-electron chi connectivity index (χ0n) is 17.2. The van der Waals surface area contributed by atoms with Crippen LogP contribution in [0.3, 0.4) is 0 Å². The van der Waals surface area contributed by atoms with Crippen molar-refractivity contribution in [3.05, 3.63) is 0 Å². The molecule has 28 heavy (non-hydrogen) atoms. The van der Waals surface area contributed by atoms with E-state index in [4.69, 9.17) is 9.84 Å². The Bertz CT molecular complexity index is 575. The predicted octanol–water partition coefficient (Wildman–Crippen LogP) is 1.18. The van der Waals surface area contributed by atoms with Crippen molar-refractivity contribution in [2.45, 2.75) is 63.1 Å². The van der Waals surface area contributed by atoms with Crippen LogP contribution in [0.1, 0.15) is 45.4 Å². The number of aliphatic carboxylic acids is 1. The van der Waals surface area contributed by atoms with Gasteiger partial charge in [-0.3, -0.25) is 19.4 Å². The van der Waals surface area contributed by atoms with E-state index in [2.05, 4.69) is 10.2 Å². The number of nitrogens with zero attached hydrogens (tertiary/aromatic N) is 2. The van der Waals surface area contributed by atoms with Crippen molar-refractivity contribution in [3.8, 4) is 0 Å². The highest BCUT2D eigenvalue weighted by Gasteiger charge is 2.51. The van der Waals surface area contributed by atoms with E-state index in [-0.39, 0.29) is 30.1 Å². The van der Waals surface area contributed by atoms with Crippen molar-refractivity contribution in [2.75, 3.05) is 39.8 Å². The first-order chi connectivity index (χ1) is 13.3. The van der Waals surface area contributed by atoms with Crippen LogP contribution in [0.2, 0.25) is 0 Å². The van der Waals surface area contributed by atoms with Gasteiger partial charge in [-0.05, 0) is 70.3 Å². The minimum absolute atomic E-state index is 0.00190. The Labute approximate surface area is 167 Å². The molecule has 1 saturated heterocycles. The smallest absolute Gasteiger partial charge is 0.317 e. The fourth-order valence-electron chi connectivity index (χ4n) is 6.64. The van der Waals surface area contributed by atoms with Crippen molar-refractivity contribution in [1.29, 1.82) is 0 Å². The largest absolute Gasteiger partial charge is 0.480 e. The fourth-order valence-corrected chi connectivity index (χ4v) is 6.64. The predicted molar refractivity (Wildman–Crippen MR) is 105 cm³/mol. The number of carboxylic acid groups (broad SMARTS) is 1. The minimum atomic E-state index is -0.835. The molecule has 0 aromatic heterocycles. The number of rotatable bonds is 7. The van der Waals surface area contributed by atoms with Crippen LogP contribution in [0, 0.1) is 17.8 Å². The minimum Gasteiger partial charge on any atom is -0.480 e. The molecule has 7 heteroatoms. The van der Waals surface area contributed by atoms with E-state index in [1.54, 1.807) is 11.9 Å². The van der Waals surface area contributed by atoms with E-state index in [1.807, 2.05) is 6.92 Å². The number of carbonyl (C=O) groups excluding carboxylic acids is 1. The molecule has 2 atom stereocenters. The molecule has 5 aliphatic rings. The molecule has 0 spiro atoms. The molecular weight excluding hydrogens is 358 g/mol. The molecule has 4 bridgehead atoms. The van der Waals surface area contributed by atoms with Crippen LogP contribution < -0.4 is 5.32 Å². The third-order valence-corrected chi connectivity index (χ3v) is 7.44. The van der Waals surface area contributed by atoms with Crippen molar-refractivity contribution >= 4 is 11.9 Å². The highest BCUT2D eigenvalue weighted by Crippen LogP contribution is 2.55. The summed E-state index contributed by atoms with van der Waals surface area (Å²) in [6.45, 7) is 4.56. The van der Waals surface area contributed by atoms with Gasteiger partial charge < -0.3 is 15.2 Å². The SMILES string of the molecule is CC(C(=O)NC12CC3CC(CC(C3)C1)C2)N1CCOC(CN(C)CC(=O)O)C1. The van der Waals surface area contributed by atoms with E-state index in [0.717, 1.165) is 24.3 Å². The Hall–Kier alpha value is -1.18. The molecule has 1 aliphatic heterocycles. The number of carbonyl (C=O) groups is 2. The molecule has 1 amide bonds. The average molecular weight is 394 g/mol. The summed E-state index contributed by atoms with van der Waals surface area (Å²) in [5.41, 5.74) is 0.0491. The van der Waals surface area contributed by atoms with Crippen molar-refractivity contribution < 1.29 is 19.4 Å². The van der Waals surface area contributed by atoms with E-state index < -0.39 is 5.97 Å². The molecule has 4 aliphatic carbocycles. The first-order valence-corrected chi connectivity index (χ1v) is 10.9. The first kappa shape index (κ1) is 20.1. The van der Waals surface area contributed by atoms with Crippen molar-refractivity contribution in [2.24, 2.45) is 17.8 Å². The Morgan fingerprint density at radius 2 is 1.82 bits per heavy atom. The van der Waals surface area contributed by atoms with E-state index in [1.165, 1.54) is 38.5 Å². The monoisotopic (exact) mass is 393 g/mol. The maximum atomic E-state index is 13.1. The van der Waals surface area contributed by atoms with Crippen LogP contribution in [0.5, 0.6) is 0 Å². The molecule has 5 rings (SSSR count). The van der Waals surface area contributed by atoms with Crippen LogP contribution in [0.25, 0.3) is 0 Å². The Morgan fingerprint density at radius 1 is 1.21 bits per heavy atom. The van der Waals surface area contributed by atoms with Crippen LogP contribution in [0.4, 0.5) is 0 Å². The van der Waals surface area contributed by atoms with Gasteiger partial charge >= 0.3 is 5.97 Å². The number of nitrogens with one attached hydrogen (secondary N) is 1. The number of ether oxygens (including phenoxy) is 1. The summed E-state index contributed by atoms with van der Waals surface area (Å²) >= 11 is 0. The van der Waals surface area contributed by atoms with Gasteiger partial charge in [-0.25, -0.2) is 0 Å². The number of hydrogen-bond donors (Lipinski definition) is 2. The normalized spacial score (nSPS) is 38.5. The second kappa shape index (κ2) is 7.92. The summed E-state index contributed by atoms with van der Waals surface area (Å²) in [6, 6.07) is -0.177. The highest BCUT2D eigenvalue weighted by molar-refractivity contribution is 5.82. The maximum Gasteiger partial charge on any atom is 0.317 e. The lowest BCUT2D eigenvalue weighted by Crippen LogP contribution is -2.63. The third kappa shape index (κ3) is 4.36. The molecule has 2 unspecified atom stereocenters. The molecule has 158 valence electrons. The van der Waals surface area contributed by atoms with Gasteiger partial charge in [-0.1, -0.05) is 0 Å². The summed E-state index contributed by atoms with van der Waals surface area (Å²) in [4.78, 5) is 27.9. The second-order valence-electron chi connectivity index (χ2n) is 9.94. The summed E-state index contributed by atoms with van der Waals surface area (Å²) in [6.07, 6.45) is 7.57. The summed E-state index contributed by atoms with van der Waals surface area (Å²) < 4.78 is 5.82. The fraction of sp³-hybridized carbons (Fsp3) is 0.905. The highest BCUT2D eigenvalue weighted by atomic mass is 16.5. The molecule has 4 saturated carbocycles. The van der Waals surface area contributed by atoms with Crippen LogP contribution in [0.15, 0.2) is 0 Å². The number of likely N-dealkylation sites (N-methyl/N-ethyl adjacent to an activating group) is 1. The maximum absolute atomic E-state index is 13.1. The molecule has 5 fully saturated rings. The standard InChI is InChI=1S/C21H35N3O4/c1-14(24-3-4-28-18(12-24)11-23(2)13-19(25)26)20(27)22-21-8-15-5-16(9-21)7-17(6-15)10-21/h14-18H,3-13H2,1-2H3,(H,22,27)(H,25,26). The van der Waals surface area contributed by atoms with Gasteiger partial charge in [0.2, 0.25) is 5.91 Å². The molecule has 1 heterocycles. The van der Waals surface area contributed by atoms with Gasteiger partial charge in [-0.2, -0.15) is 0 Å². The van der Waals surface area contributed by atoms with E-state index >= 15 is 0 Å². The van der Waals surface area contributed by atoms with Crippen LogP contribution in [-0.4, -0.2) is 84.3 Å². The van der Waals surface area contributed by atoms with Crippen molar-refractivity contribution in [1.82, 2.24) is 15.1 Å². The molecule has 0 aromatic rings. The number of hydrogen-bond acceptors (Lipinski definition) is 5. The number of carboxylic acids is 1. The first-order valence-electron chi connectivity index (χ1n) is 10.9. The van der Waals surface area contributed by atoms with Gasteiger partial charge in [0.25, 0.3) is 0 Å². The van der Waals surface area contributed by atoms with E-state index in [0.29, 0.717) is 19.7 Å². The number of morpholine rings is 1. The van der Waals surface area contributed by atoms with Gasteiger partial charge in [0.15, 0.2) is 0 Å². The topological polar surface area (TPSA) is 82.1 Å². The van der Waals surface area contributed by atoms with Gasteiger partial charge in [0.05, 0.1) is 25.3 Å². The number of amides is 1. The zero-order valence-corrected chi connectivity index (χ0v) is 17.2. The lowest BCUT2D eigenvalue weighted by molar-refractivity contribution is -0.138.